The molecule has 0 spiro atoms. The average molecular weight is 375 g/mol. The molecule has 0 saturated carbocycles. The molecular weight excluding hydrogens is 352 g/mol. The van der Waals surface area contributed by atoms with E-state index < -0.39 is 0 Å². The first-order valence-corrected chi connectivity index (χ1v) is 9.24. The molecule has 1 aliphatic rings. The van der Waals surface area contributed by atoms with E-state index in [0.717, 1.165) is 25.8 Å². The number of hydrogen-bond acceptors (Lipinski definition) is 5. The maximum absolute atomic E-state index is 12.9. The highest BCUT2D eigenvalue weighted by molar-refractivity contribution is 6.31. The summed E-state index contributed by atoms with van der Waals surface area (Å²) in [6.45, 7) is 2.90. The first-order chi connectivity index (χ1) is 12.6. The van der Waals surface area contributed by atoms with Gasteiger partial charge in [0, 0.05) is 23.8 Å². The lowest BCUT2D eigenvalue weighted by Crippen LogP contribution is -2.43. The van der Waals surface area contributed by atoms with Crippen molar-refractivity contribution in [1.29, 1.82) is 0 Å². The topological polar surface area (TPSA) is 67.4 Å². The van der Waals surface area contributed by atoms with E-state index >= 15 is 0 Å². The van der Waals surface area contributed by atoms with Gasteiger partial charge in [-0.15, -0.1) is 0 Å². The van der Waals surface area contributed by atoms with Crippen LogP contribution in [-0.2, 0) is 0 Å². The van der Waals surface area contributed by atoms with Crippen LogP contribution in [0.2, 0.25) is 5.02 Å². The minimum absolute atomic E-state index is 0.0416. The summed E-state index contributed by atoms with van der Waals surface area (Å²) in [6.07, 6.45) is 5.82. The van der Waals surface area contributed by atoms with Crippen molar-refractivity contribution in [2.45, 2.75) is 38.6 Å². The van der Waals surface area contributed by atoms with E-state index in [2.05, 4.69) is 22.2 Å². The van der Waals surface area contributed by atoms with Gasteiger partial charge < -0.3 is 15.0 Å². The van der Waals surface area contributed by atoms with E-state index in [4.69, 9.17) is 16.3 Å². The highest BCUT2D eigenvalue weighted by atomic mass is 35.5. The van der Waals surface area contributed by atoms with Gasteiger partial charge in [0.05, 0.1) is 12.8 Å². The largest absolute Gasteiger partial charge is 0.495 e. The van der Waals surface area contributed by atoms with Crippen LogP contribution >= 0.6 is 11.6 Å². The Morgan fingerprint density at radius 3 is 3.00 bits per heavy atom. The smallest absolute Gasteiger partial charge is 0.272 e. The van der Waals surface area contributed by atoms with Crippen LogP contribution in [0.15, 0.2) is 30.5 Å². The molecule has 1 aromatic carbocycles. The molecule has 1 unspecified atom stereocenters. The van der Waals surface area contributed by atoms with Crippen LogP contribution in [0.3, 0.4) is 0 Å². The first kappa shape index (κ1) is 18.5. The van der Waals surface area contributed by atoms with Crippen LogP contribution in [0.1, 0.15) is 43.1 Å². The van der Waals surface area contributed by atoms with Gasteiger partial charge in [-0.3, -0.25) is 4.79 Å². The van der Waals surface area contributed by atoms with Crippen LogP contribution in [0.25, 0.3) is 0 Å². The fourth-order valence-corrected chi connectivity index (χ4v) is 3.45. The van der Waals surface area contributed by atoms with Gasteiger partial charge >= 0.3 is 0 Å². The number of carbonyl (C=O) groups excluding carboxylic acids is 1. The monoisotopic (exact) mass is 374 g/mol. The highest BCUT2D eigenvalue weighted by Gasteiger charge is 2.27. The predicted octanol–water partition coefficient (Wildman–Crippen LogP) is 4.29. The summed E-state index contributed by atoms with van der Waals surface area (Å²) in [7, 11) is 1.58. The lowest BCUT2D eigenvalue weighted by atomic mass is 9.99. The number of methoxy groups -OCH3 is 1. The maximum atomic E-state index is 12.9. The van der Waals surface area contributed by atoms with Crippen molar-refractivity contribution >= 4 is 29.1 Å². The van der Waals surface area contributed by atoms with E-state index in [1.807, 2.05) is 4.90 Å². The molecule has 3 rings (SSSR count). The van der Waals surface area contributed by atoms with E-state index in [1.54, 1.807) is 37.6 Å². The van der Waals surface area contributed by atoms with Gasteiger partial charge in [0.2, 0.25) is 5.95 Å². The number of halogens is 1. The number of likely N-dealkylation sites (tertiary alicyclic amines) is 1. The zero-order valence-corrected chi connectivity index (χ0v) is 15.8. The number of aromatic nitrogens is 2. The van der Waals surface area contributed by atoms with Crippen molar-refractivity contribution in [2.75, 3.05) is 19.0 Å². The van der Waals surface area contributed by atoms with Gasteiger partial charge in [-0.05, 0) is 49.9 Å². The maximum Gasteiger partial charge on any atom is 0.272 e. The Morgan fingerprint density at radius 2 is 2.23 bits per heavy atom. The van der Waals surface area contributed by atoms with Crippen molar-refractivity contribution in [1.82, 2.24) is 14.9 Å². The van der Waals surface area contributed by atoms with Gasteiger partial charge in [0.1, 0.15) is 11.4 Å². The molecular formula is C19H23ClN4O2. The fraction of sp³-hybridized carbons (Fsp3) is 0.421. The van der Waals surface area contributed by atoms with Crippen molar-refractivity contribution in [2.24, 2.45) is 0 Å². The van der Waals surface area contributed by atoms with Crippen LogP contribution in [0.5, 0.6) is 5.75 Å². The number of nitrogens with zero attached hydrogens (tertiary/aromatic N) is 3. The molecule has 0 aliphatic carbocycles. The Labute approximate surface area is 158 Å². The second-order valence-corrected chi connectivity index (χ2v) is 6.73. The molecule has 0 bridgehead atoms. The normalized spacial score (nSPS) is 17.0. The van der Waals surface area contributed by atoms with E-state index in [-0.39, 0.29) is 11.9 Å². The Kier molecular flexibility index (Phi) is 5.93. The van der Waals surface area contributed by atoms with Crippen LogP contribution in [0.4, 0.5) is 11.6 Å². The summed E-state index contributed by atoms with van der Waals surface area (Å²) in [5.41, 5.74) is 1.04. The Bertz CT molecular complexity index is 784. The summed E-state index contributed by atoms with van der Waals surface area (Å²) in [5, 5.41) is 3.65. The molecule has 1 amide bonds. The molecule has 2 heterocycles. The zero-order chi connectivity index (χ0) is 18.5. The quantitative estimate of drug-likeness (QED) is 0.845. The number of anilines is 2. The SMILES string of the molecule is CCC1CCCCN1C(=O)c1ccnc(Nc2cc(Cl)ccc2OC)n1. The van der Waals surface area contributed by atoms with Crippen molar-refractivity contribution in [3.05, 3.63) is 41.2 Å². The minimum atomic E-state index is -0.0416. The molecule has 1 saturated heterocycles. The third-order valence-corrected chi connectivity index (χ3v) is 4.88. The van der Waals surface area contributed by atoms with Crippen LogP contribution in [-0.4, -0.2) is 40.5 Å². The lowest BCUT2D eigenvalue weighted by molar-refractivity contribution is 0.0602. The molecule has 6 nitrogen and oxygen atoms in total. The number of ether oxygens (including phenoxy) is 1. The number of carbonyl (C=O) groups is 1. The Hall–Kier alpha value is -2.34. The summed E-state index contributed by atoms with van der Waals surface area (Å²) in [5.74, 6) is 0.915. The minimum Gasteiger partial charge on any atom is -0.495 e. The standard InChI is InChI=1S/C19H23ClN4O2/c1-3-14-6-4-5-11-24(14)18(25)15-9-10-21-19(22-15)23-16-12-13(20)7-8-17(16)26-2/h7-10,12,14H,3-6,11H2,1-2H3,(H,21,22,23). The molecule has 1 fully saturated rings. The highest BCUT2D eigenvalue weighted by Crippen LogP contribution is 2.29. The average Bonchev–Trinajstić information content (AvgIpc) is 2.68. The molecule has 0 radical (unpaired) electrons. The van der Waals surface area contributed by atoms with Gasteiger partial charge in [-0.25, -0.2) is 9.97 Å². The second kappa shape index (κ2) is 8.36. The third kappa shape index (κ3) is 4.07. The molecule has 1 atom stereocenters. The number of hydrogen-bond donors (Lipinski definition) is 1. The number of amides is 1. The van der Waals surface area contributed by atoms with E-state index in [0.29, 0.717) is 28.1 Å². The van der Waals surface area contributed by atoms with Crippen molar-refractivity contribution in [3.8, 4) is 5.75 Å². The van der Waals surface area contributed by atoms with Gasteiger partial charge in [0.15, 0.2) is 0 Å². The molecule has 138 valence electrons. The van der Waals surface area contributed by atoms with Crippen molar-refractivity contribution < 1.29 is 9.53 Å². The van der Waals surface area contributed by atoms with Crippen LogP contribution < -0.4 is 10.1 Å². The first-order valence-electron chi connectivity index (χ1n) is 8.87. The van der Waals surface area contributed by atoms with Gasteiger partial charge in [-0.2, -0.15) is 0 Å². The zero-order valence-electron chi connectivity index (χ0n) is 15.0. The van der Waals surface area contributed by atoms with Crippen molar-refractivity contribution in [3.63, 3.8) is 0 Å². The number of benzene rings is 1. The molecule has 7 heteroatoms. The van der Waals surface area contributed by atoms with E-state index in [9.17, 15) is 4.79 Å². The van der Waals surface area contributed by atoms with Gasteiger partial charge in [0.25, 0.3) is 5.91 Å². The third-order valence-electron chi connectivity index (χ3n) is 4.64. The second-order valence-electron chi connectivity index (χ2n) is 6.29. The molecule has 1 aliphatic heterocycles. The molecule has 26 heavy (non-hydrogen) atoms. The molecule has 2 aromatic rings. The Balaban J connectivity index is 1.82. The summed E-state index contributed by atoms with van der Waals surface area (Å²) in [6, 6.07) is 7.18. The van der Waals surface area contributed by atoms with E-state index in [1.165, 1.54) is 6.42 Å². The molecule has 1 N–H and O–H groups in total. The van der Waals surface area contributed by atoms with Crippen LogP contribution in [0, 0.1) is 0 Å². The predicted molar refractivity (Wildman–Crippen MR) is 102 cm³/mol. The lowest BCUT2D eigenvalue weighted by Gasteiger charge is -2.35. The summed E-state index contributed by atoms with van der Waals surface area (Å²) < 4.78 is 5.32. The summed E-state index contributed by atoms with van der Waals surface area (Å²) in [4.78, 5) is 23.5. The molecule has 1 aromatic heterocycles. The fourth-order valence-electron chi connectivity index (χ4n) is 3.28. The number of rotatable bonds is 5. The number of nitrogens with one attached hydrogen (secondary N) is 1. The van der Waals surface area contributed by atoms with Gasteiger partial charge in [-0.1, -0.05) is 18.5 Å². The summed E-state index contributed by atoms with van der Waals surface area (Å²) >= 11 is 6.06. The number of piperidine rings is 1. The Morgan fingerprint density at radius 1 is 1.38 bits per heavy atom.